The van der Waals surface area contributed by atoms with Gasteiger partial charge in [-0.1, -0.05) is 12.1 Å². The molecule has 18 heavy (non-hydrogen) atoms. The third-order valence-corrected chi connectivity index (χ3v) is 3.44. The number of likely N-dealkylation sites (tertiary alicyclic amines) is 1. The van der Waals surface area contributed by atoms with Gasteiger partial charge in [-0.15, -0.1) is 0 Å². The van der Waals surface area contributed by atoms with Crippen molar-refractivity contribution in [3.05, 3.63) is 30.1 Å². The molecule has 1 aromatic heterocycles. The highest BCUT2D eigenvalue weighted by molar-refractivity contribution is 5.75. The highest BCUT2D eigenvalue weighted by Crippen LogP contribution is 2.20. The maximum Gasteiger partial charge on any atom is 0.320 e. The second-order valence-electron chi connectivity index (χ2n) is 4.67. The number of nitrogens with one attached hydrogen (secondary N) is 1. The fraction of sp³-hybridized carbons (Fsp3) is 0.385. The molecule has 1 aromatic carbocycles. The van der Waals surface area contributed by atoms with Crippen LogP contribution in [0.15, 0.2) is 24.3 Å². The van der Waals surface area contributed by atoms with E-state index in [1.165, 1.54) is 0 Å². The number of benzene rings is 1. The van der Waals surface area contributed by atoms with Crippen LogP contribution in [0.25, 0.3) is 11.0 Å². The number of aromatic nitrogens is 2. The Bertz CT molecular complexity index is 545. The van der Waals surface area contributed by atoms with Gasteiger partial charge in [0.1, 0.15) is 11.9 Å². The number of aliphatic carboxylic acids is 1. The molecule has 0 radical (unpaired) electrons. The molecule has 5 nitrogen and oxygen atoms in total. The number of H-pyrrole nitrogens is 1. The second-order valence-corrected chi connectivity index (χ2v) is 4.67. The molecule has 3 rings (SSSR count). The lowest BCUT2D eigenvalue weighted by atomic mass is 10.2. The molecule has 2 heterocycles. The summed E-state index contributed by atoms with van der Waals surface area (Å²) in [6.45, 7) is 1.40. The van der Waals surface area contributed by atoms with Crippen molar-refractivity contribution < 1.29 is 9.90 Å². The van der Waals surface area contributed by atoms with Gasteiger partial charge in [-0.25, -0.2) is 4.98 Å². The van der Waals surface area contributed by atoms with E-state index in [4.69, 9.17) is 5.11 Å². The number of rotatable bonds is 3. The SMILES string of the molecule is O=C(O)C1CCCN1Cc1nc2ccccc2[nH]1. The molecule has 2 N–H and O–H groups in total. The molecule has 0 bridgehead atoms. The van der Waals surface area contributed by atoms with E-state index in [1.54, 1.807) is 0 Å². The predicted molar refractivity (Wildman–Crippen MR) is 67.2 cm³/mol. The number of nitrogens with zero attached hydrogens (tertiary/aromatic N) is 2. The van der Waals surface area contributed by atoms with E-state index in [9.17, 15) is 4.79 Å². The number of imidazole rings is 1. The zero-order chi connectivity index (χ0) is 12.5. The first-order valence-corrected chi connectivity index (χ1v) is 6.14. The quantitative estimate of drug-likeness (QED) is 0.862. The highest BCUT2D eigenvalue weighted by atomic mass is 16.4. The van der Waals surface area contributed by atoms with Crippen molar-refractivity contribution in [3.63, 3.8) is 0 Å². The van der Waals surface area contributed by atoms with E-state index in [-0.39, 0.29) is 6.04 Å². The zero-order valence-electron chi connectivity index (χ0n) is 9.97. The van der Waals surface area contributed by atoms with E-state index in [0.717, 1.165) is 36.2 Å². The molecule has 1 aliphatic rings. The van der Waals surface area contributed by atoms with Gasteiger partial charge >= 0.3 is 5.97 Å². The summed E-state index contributed by atoms with van der Waals surface area (Å²) in [5.74, 6) is 0.105. The van der Waals surface area contributed by atoms with E-state index in [0.29, 0.717) is 6.54 Å². The smallest absolute Gasteiger partial charge is 0.320 e. The molecule has 1 unspecified atom stereocenters. The Kier molecular flexibility index (Phi) is 2.76. The number of hydrogen-bond acceptors (Lipinski definition) is 3. The highest BCUT2D eigenvalue weighted by Gasteiger charge is 2.30. The number of para-hydroxylation sites is 2. The predicted octanol–water partition coefficient (Wildman–Crippen LogP) is 1.61. The Balaban J connectivity index is 1.81. The molecule has 1 fully saturated rings. The largest absolute Gasteiger partial charge is 0.480 e. The van der Waals surface area contributed by atoms with E-state index < -0.39 is 5.97 Å². The number of aromatic amines is 1. The molecule has 0 spiro atoms. The lowest BCUT2D eigenvalue weighted by Gasteiger charge is -2.19. The van der Waals surface area contributed by atoms with E-state index >= 15 is 0 Å². The molecule has 1 aliphatic heterocycles. The van der Waals surface area contributed by atoms with Gasteiger partial charge < -0.3 is 10.1 Å². The molecular weight excluding hydrogens is 230 g/mol. The summed E-state index contributed by atoms with van der Waals surface area (Å²) in [5.41, 5.74) is 1.93. The lowest BCUT2D eigenvalue weighted by molar-refractivity contribution is -0.142. The Hall–Kier alpha value is -1.88. The van der Waals surface area contributed by atoms with Crippen LogP contribution in [-0.2, 0) is 11.3 Å². The van der Waals surface area contributed by atoms with Crippen LogP contribution in [0.4, 0.5) is 0 Å². The van der Waals surface area contributed by atoms with E-state index in [2.05, 4.69) is 9.97 Å². The molecule has 1 saturated heterocycles. The Labute approximate surface area is 104 Å². The fourth-order valence-electron chi connectivity index (χ4n) is 2.57. The van der Waals surface area contributed by atoms with Crippen molar-refractivity contribution >= 4 is 17.0 Å². The van der Waals surface area contributed by atoms with Crippen LogP contribution in [0.3, 0.4) is 0 Å². The topological polar surface area (TPSA) is 69.2 Å². The molecule has 0 amide bonds. The first-order chi connectivity index (χ1) is 8.74. The average Bonchev–Trinajstić information content (AvgIpc) is 2.94. The number of carboxylic acids is 1. The first kappa shape index (κ1) is 11.2. The number of hydrogen-bond donors (Lipinski definition) is 2. The third kappa shape index (κ3) is 1.97. The van der Waals surface area contributed by atoms with Crippen LogP contribution in [0, 0.1) is 0 Å². The van der Waals surface area contributed by atoms with Crippen molar-refractivity contribution in [1.82, 2.24) is 14.9 Å². The van der Waals surface area contributed by atoms with Gasteiger partial charge in [0.25, 0.3) is 0 Å². The first-order valence-electron chi connectivity index (χ1n) is 6.14. The molecule has 5 heteroatoms. The molecule has 0 aliphatic carbocycles. The van der Waals surface area contributed by atoms with Crippen molar-refractivity contribution in [3.8, 4) is 0 Å². The van der Waals surface area contributed by atoms with E-state index in [1.807, 2.05) is 29.2 Å². The third-order valence-electron chi connectivity index (χ3n) is 3.44. The summed E-state index contributed by atoms with van der Waals surface area (Å²) in [5, 5.41) is 9.13. The minimum Gasteiger partial charge on any atom is -0.480 e. The monoisotopic (exact) mass is 245 g/mol. The molecule has 0 saturated carbocycles. The van der Waals surface area contributed by atoms with Gasteiger partial charge in [-0.05, 0) is 31.5 Å². The van der Waals surface area contributed by atoms with Gasteiger partial charge in [0.2, 0.25) is 0 Å². The number of fused-ring (bicyclic) bond motifs is 1. The normalized spacial score (nSPS) is 20.6. The maximum atomic E-state index is 11.1. The van der Waals surface area contributed by atoms with Crippen LogP contribution in [0.5, 0.6) is 0 Å². The van der Waals surface area contributed by atoms with Crippen LogP contribution in [0.1, 0.15) is 18.7 Å². The summed E-state index contributed by atoms with van der Waals surface area (Å²) in [7, 11) is 0. The lowest BCUT2D eigenvalue weighted by Crippen LogP contribution is -2.35. The van der Waals surface area contributed by atoms with Gasteiger partial charge in [0, 0.05) is 0 Å². The average molecular weight is 245 g/mol. The zero-order valence-corrected chi connectivity index (χ0v) is 9.97. The van der Waals surface area contributed by atoms with Gasteiger partial charge in [0.05, 0.1) is 17.6 Å². The molecule has 94 valence electrons. The van der Waals surface area contributed by atoms with Crippen LogP contribution >= 0.6 is 0 Å². The second kappa shape index (κ2) is 4.42. The Morgan fingerprint density at radius 3 is 3.11 bits per heavy atom. The summed E-state index contributed by atoms with van der Waals surface area (Å²) in [4.78, 5) is 20.8. The minimum absolute atomic E-state index is 0.363. The molecular formula is C13H15N3O2. The molecule has 2 aromatic rings. The van der Waals surface area contributed by atoms with Crippen LogP contribution in [0.2, 0.25) is 0 Å². The van der Waals surface area contributed by atoms with Crippen molar-refractivity contribution in [2.24, 2.45) is 0 Å². The maximum absolute atomic E-state index is 11.1. The summed E-state index contributed by atoms with van der Waals surface area (Å²) in [6.07, 6.45) is 1.67. The van der Waals surface area contributed by atoms with Crippen molar-refractivity contribution in [1.29, 1.82) is 0 Å². The van der Waals surface area contributed by atoms with Crippen molar-refractivity contribution in [2.75, 3.05) is 6.54 Å². The Morgan fingerprint density at radius 2 is 2.33 bits per heavy atom. The fourth-order valence-corrected chi connectivity index (χ4v) is 2.57. The summed E-state index contributed by atoms with van der Waals surface area (Å²) < 4.78 is 0. The van der Waals surface area contributed by atoms with Crippen molar-refractivity contribution in [2.45, 2.75) is 25.4 Å². The standard InChI is InChI=1S/C13H15N3O2/c17-13(18)11-6-3-7-16(11)8-12-14-9-4-1-2-5-10(9)15-12/h1-2,4-5,11H,3,6-8H2,(H,14,15)(H,17,18). The number of carbonyl (C=O) groups is 1. The summed E-state index contributed by atoms with van der Waals surface area (Å²) in [6, 6.07) is 7.47. The summed E-state index contributed by atoms with van der Waals surface area (Å²) >= 11 is 0. The van der Waals surface area contributed by atoms with Crippen LogP contribution < -0.4 is 0 Å². The van der Waals surface area contributed by atoms with Gasteiger partial charge in [-0.2, -0.15) is 0 Å². The van der Waals surface area contributed by atoms with Gasteiger partial charge in [0.15, 0.2) is 0 Å². The Morgan fingerprint density at radius 1 is 1.50 bits per heavy atom. The van der Waals surface area contributed by atoms with Gasteiger partial charge in [-0.3, -0.25) is 9.69 Å². The van der Waals surface area contributed by atoms with Crippen LogP contribution in [-0.4, -0.2) is 38.5 Å². The minimum atomic E-state index is -0.733. The number of carboxylic acid groups (broad SMARTS) is 1. The molecule has 1 atom stereocenters.